The van der Waals surface area contributed by atoms with Crippen molar-refractivity contribution in [2.75, 3.05) is 11.9 Å². The second-order valence-electron chi connectivity index (χ2n) is 11.8. The van der Waals surface area contributed by atoms with E-state index in [9.17, 15) is 19.2 Å². The Balaban J connectivity index is 2.63. The monoisotopic (exact) mass is 592 g/mol. The molecule has 43 heavy (non-hydrogen) atoms. The maximum absolute atomic E-state index is 14.4. The summed E-state index contributed by atoms with van der Waals surface area (Å²) in [5.74, 6) is -1.51. The Hall–Kier alpha value is -4.14. The molecular formula is C34H48N4O5. The van der Waals surface area contributed by atoms with Crippen molar-refractivity contribution in [3.63, 3.8) is 0 Å². The van der Waals surface area contributed by atoms with Crippen molar-refractivity contribution in [3.8, 4) is 0 Å². The van der Waals surface area contributed by atoms with Crippen molar-refractivity contribution in [2.24, 2.45) is 5.73 Å². The lowest BCUT2D eigenvalue weighted by molar-refractivity contribution is -0.141. The number of alkyl carbamates (subject to hydrolysis) is 1. The van der Waals surface area contributed by atoms with Crippen LogP contribution in [0, 0.1) is 13.8 Å². The summed E-state index contributed by atoms with van der Waals surface area (Å²) in [6, 6.07) is 10.9. The van der Waals surface area contributed by atoms with Crippen molar-refractivity contribution in [3.05, 3.63) is 71.3 Å². The summed E-state index contributed by atoms with van der Waals surface area (Å²) in [6.07, 6.45) is 4.15. The number of nitrogens with one attached hydrogen (secondary N) is 2. The predicted octanol–water partition coefficient (Wildman–Crippen LogP) is 6.19. The third-order valence-electron chi connectivity index (χ3n) is 6.96. The quantitative estimate of drug-likeness (QED) is 0.212. The van der Waals surface area contributed by atoms with Crippen molar-refractivity contribution in [1.82, 2.24) is 10.2 Å². The summed E-state index contributed by atoms with van der Waals surface area (Å²) < 4.78 is 5.42. The average molecular weight is 593 g/mol. The van der Waals surface area contributed by atoms with E-state index in [0.29, 0.717) is 17.7 Å². The van der Waals surface area contributed by atoms with Crippen LogP contribution in [0.3, 0.4) is 0 Å². The molecule has 234 valence electrons. The lowest BCUT2D eigenvalue weighted by Crippen LogP contribution is -2.53. The molecule has 0 fully saturated rings. The van der Waals surface area contributed by atoms with Gasteiger partial charge in [0, 0.05) is 18.7 Å². The molecule has 0 aliphatic carbocycles. The zero-order valence-electron chi connectivity index (χ0n) is 26.5. The van der Waals surface area contributed by atoms with E-state index in [0.717, 1.165) is 36.0 Å². The number of amides is 4. The first-order valence-corrected chi connectivity index (χ1v) is 14.9. The highest BCUT2D eigenvalue weighted by atomic mass is 16.6. The summed E-state index contributed by atoms with van der Waals surface area (Å²) >= 11 is 0. The zero-order chi connectivity index (χ0) is 32.2. The van der Waals surface area contributed by atoms with Gasteiger partial charge >= 0.3 is 6.09 Å². The number of para-hydroxylation sites is 1. The number of aryl methyl sites for hydroxylation is 2. The number of carbonyl (C=O) groups excluding carboxylic acids is 4. The van der Waals surface area contributed by atoms with Crippen molar-refractivity contribution in [1.29, 1.82) is 0 Å². The number of unbranched alkanes of at least 4 members (excludes halogenated alkanes) is 3. The van der Waals surface area contributed by atoms with Gasteiger partial charge in [-0.05, 0) is 75.8 Å². The number of benzene rings is 2. The van der Waals surface area contributed by atoms with Gasteiger partial charge in [-0.15, -0.1) is 0 Å². The summed E-state index contributed by atoms with van der Waals surface area (Å²) in [7, 11) is 0. The molecule has 2 aromatic rings. The molecule has 0 saturated carbocycles. The van der Waals surface area contributed by atoms with Gasteiger partial charge < -0.3 is 26.0 Å². The normalized spacial score (nSPS) is 12.5. The molecule has 2 atom stereocenters. The zero-order valence-corrected chi connectivity index (χ0v) is 26.5. The molecule has 0 bridgehead atoms. The number of hydrogen-bond donors (Lipinski definition) is 3. The summed E-state index contributed by atoms with van der Waals surface area (Å²) in [4.78, 5) is 54.7. The van der Waals surface area contributed by atoms with Crippen molar-refractivity contribution < 1.29 is 23.9 Å². The SMILES string of the molecule is C=Cc1cccc(C(C(=O)Nc2c(C)cccc2C)N(CCCCCC)C(=O)C(CCC(N)=O)NC(=O)OC(C)(C)C)c1. The third kappa shape index (κ3) is 11.2. The van der Waals surface area contributed by atoms with Crippen LogP contribution in [0.4, 0.5) is 10.5 Å². The van der Waals surface area contributed by atoms with E-state index in [1.54, 1.807) is 32.9 Å². The fraction of sp³-hybridized carbons (Fsp3) is 0.471. The highest BCUT2D eigenvalue weighted by Gasteiger charge is 2.36. The van der Waals surface area contributed by atoms with E-state index in [1.807, 2.05) is 50.2 Å². The van der Waals surface area contributed by atoms with Gasteiger partial charge in [0.1, 0.15) is 17.7 Å². The van der Waals surface area contributed by atoms with E-state index in [4.69, 9.17) is 10.5 Å². The second-order valence-corrected chi connectivity index (χ2v) is 11.8. The Labute approximate surface area is 256 Å². The van der Waals surface area contributed by atoms with Crippen LogP contribution in [-0.2, 0) is 19.1 Å². The first-order chi connectivity index (χ1) is 20.3. The number of hydrogen-bond acceptors (Lipinski definition) is 5. The Morgan fingerprint density at radius 1 is 1.02 bits per heavy atom. The Kier molecular flexibility index (Phi) is 13.4. The first kappa shape index (κ1) is 35.1. The van der Waals surface area contributed by atoms with Crippen LogP contribution in [0.1, 0.15) is 94.5 Å². The van der Waals surface area contributed by atoms with E-state index in [1.165, 1.54) is 4.90 Å². The van der Waals surface area contributed by atoms with Gasteiger partial charge in [0.25, 0.3) is 5.91 Å². The Bertz CT molecular complexity index is 1260. The maximum atomic E-state index is 14.4. The highest BCUT2D eigenvalue weighted by molar-refractivity contribution is 6.00. The van der Waals surface area contributed by atoms with Gasteiger partial charge in [-0.3, -0.25) is 14.4 Å². The van der Waals surface area contributed by atoms with Gasteiger partial charge in [-0.25, -0.2) is 4.79 Å². The molecule has 4 amide bonds. The van der Waals surface area contributed by atoms with Crippen LogP contribution in [0.25, 0.3) is 6.08 Å². The molecule has 2 rings (SSSR count). The standard InChI is InChI=1S/C34H48N4O5/c1-8-10-11-12-21-38(32(41)27(19-20-28(35)39)36-33(42)43-34(5,6)7)30(26-18-14-17-25(9-2)22-26)31(40)37-29-23(3)15-13-16-24(29)4/h9,13-18,22,27,30H,2,8,10-12,19-21H2,1,3-7H3,(H2,35,39)(H,36,42)(H,37,40). The number of anilines is 1. The topological polar surface area (TPSA) is 131 Å². The molecule has 4 N–H and O–H groups in total. The van der Waals surface area contributed by atoms with Crippen LogP contribution in [0.2, 0.25) is 0 Å². The van der Waals surface area contributed by atoms with Crippen LogP contribution in [0.15, 0.2) is 49.0 Å². The lowest BCUT2D eigenvalue weighted by Gasteiger charge is -2.35. The first-order valence-electron chi connectivity index (χ1n) is 14.9. The molecule has 2 aromatic carbocycles. The fourth-order valence-electron chi connectivity index (χ4n) is 4.80. The van der Waals surface area contributed by atoms with E-state index in [-0.39, 0.29) is 19.4 Å². The van der Waals surface area contributed by atoms with E-state index in [2.05, 4.69) is 24.1 Å². The molecule has 0 radical (unpaired) electrons. The van der Waals surface area contributed by atoms with Gasteiger partial charge in [0.05, 0.1) is 0 Å². The molecule has 0 spiro atoms. The molecule has 0 heterocycles. The molecule has 9 nitrogen and oxygen atoms in total. The van der Waals surface area contributed by atoms with E-state index >= 15 is 0 Å². The maximum Gasteiger partial charge on any atom is 0.408 e. The summed E-state index contributed by atoms with van der Waals surface area (Å²) in [5.41, 5.74) is 8.45. The fourth-order valence-corrected chi connectivity index (χ4v) is 4.80. The van der Waals surface area contributed by atoms with E-state index < -0.39 is 41.5 Å². The van der Waals surface area contributed by atoms with Gasteiger partial charge in [-0.1, -0.05) is 75.2 Å². The number of ether oxygens (including phenoxy) is 1. The van der Waals surface area contributed by atoms with Crippen molar-refractivity contribution in [2.45, 2.75) is 97.8 Å². The minimum atomic E-state index is -1.15. The predicted molar refractivity (Wildman–Crippen MR) is 171 cm³/mol. The average Bonchev–Trinajstić information content (AvgIpc) is 2.93. The third-order valence-corrected chi connectivity index (χ3v) is 6.96. The number of rotatable bonds is 15. The summed E-state index contributed by atoms with van der Waals surface area (Å²) in [6.45, 7) is 15.2. The Morgan fingerprint density at radius 3 is 2.26 bits per heavy atom. The number of nitrogens with zero attached hydrogens (tertiary/aromatic N) is 1. The van der Waals surface area contributed by atoms with Gasteiger partial charge in [0.2, 0.25) is 11.8 Å². The molecule has 2 unspecified atom stereocenters. The highest BCUT2D eigenvalue weighted by Crippen LogP contribution is 2.28. The smallest absolute Gasteiger partial charge is 0.408 e. The second kappa shape index (κ2) is 16.5. The van der Waals surface area contributed by atoms with Crippen LogP contribution < -0.4 is 16.4 Å². The molecular weight excluding hydrogens is 544 g/mol. The minimum Gasteiger partial charge on any atom is -0.444 e. The van der Waals surface area contributed by atoms with Crippen LogP contribution in [0.5, 0.6) is 0 Å². The number of nitrogens with two attached hydrogens (primary N) is 1. The molecule has 0 saturated heterocycles. The molecule has 0 aliphatic rings. The largest absolute Gasteiger partial charge is 0.444 e. The van der Waals surface area contributed by atoms with Crippen LogP contribution >= 0.6 is 0 Å². The summed E-state index contributed by atoms with van der Waals surface area (Å²) in [5, 5.41) is 5.71. The minimum absolute atomic E-state index is 0.0448. The Morgan fingerprint density at radius 2 is 1.67 bits per heavy atom. The van der Waals surface area contributed by atoms with Crippen LogP contribution in [-0.4, -0.2) is 46.9 Å². The lowest BCUT2D eigenvalue weighted by atomic mass is 9.98. The number of carbonyl (C=O) groups is 4. The van der Waals surface area contributed by atoms with Gasteiger partial charge in [0.15, 0.2) is 0 Å². The molecule has 0 aliphatic heterocycles. The number of primary amides is 1. The molecule has 0 aromatic heterocycles. The van der Waals surface area contributed by atoms with Gasteiger partial charge in [-0.2, -0.15) is 0 Å². The molecule has 9 heteroatoms. The van der Waals surface area contributed by atoms with Crippen molar-refractivity contribution >= 4 is 35.6 Å².